The first-order valence-corrected chi connectivity index (χ1v) is 15.9. The van der Waals surface area contributed by atoms with Crippen LogP contribution in [0, 0.1) is 0 Å². The van der Waals surface area contributed by atoms with Crippen LogP contribution in [0.4, 0.5) is 5.69 Å². The van der Waals surface area contributed by atoms with Crippen LogP contribution < -0.4 is 10.2 Å². The Morgan fingerprint density at radius 2 is 1.50 bits per heavy atom. The van der Waals surface area contributed by atoms with E-state index in [2.05, 4.69) is 5.32 Å². The number of unbranched alkanes of at least 4 members (excludes halogenated alkanes) is 6. The number of para-hydroxylation sites is 1. The summed E-state index contributed by atoms with van der Waals surface area (Å²) in [5.74, 6) is -1.97. The minimum atomic E-state index is -1.11. The molecule has 0 saturated heterocycles. The first-order valence-electron chi connectivity index (χ1n) is 14.9. The zero-order valence-corrected chi connectivity index (χ0v) is 26.5. The Morgan fingerprint density at radius 1 is 0.909 bits per heavy atom. The molecule has 1 unspecified atom stereocenters. The van der Waals surface area contributed by atoms with Crippen LogP contribution in [0.15, 0.2) is 53.4 Å². The molecule has 0 aliphatic carbocycles. The maximum Gasteiger partial charge on any atom is 0.323 e. The molecule has 0 radical (unpaired) electrons. The molecule has 0 bridgehead atoms. The zero-order chi connectivity index (χ0) is 30.8. The number of carbonyl (C=O) groups excluding carboxylic acids is 4. The highest BCUT2D eigenvalue weighted by Crippen LogP contribution is 2.34. The van der Waals surface area contributed by atoms with Gasteiger partial charge < -0.3 is 9.84 Å². The zero-order valence-electron chi connectivity index (χ0n) is 24.9. The third-order valence-corrected chi connectivity index (χ3v) is 8.80. The van der Waals surface area contributed by atoms with Crippen LogP contribution in [0.5, 0.6) is 0 Å². The molecule has 2 heterocycles. The number of amides is 3. The van der Waals surface area contributed by atoms with Crippen LogP contribution in [0.1, 0.15) is 79.0 Å². The smallest absolute Gasteiger partial charge is 0.323 e. The fraction of sp³-hybridized carbons (Fsp3) is 0.469. The number of carbonyl (C=O) groups is 5. The number of carboxylic acids is 1. The van der Waals surface area contributed by atoms with Gasteiger partial charge in [-0.15, -0.1) is 24.2 Å². The maximum absolute atomic E-state index is 13.4. The Hall–Kier alpha value is -3.41. The highest BCUT2D eigenvalue weighted by atomic mass is 35.5. The number of ether oxygens (including phenoxy) is 1. The summed E-state index contributed by atoms with van der Waals surface area (Å²) in [4.78, 5) is 66.2. The summed E-state index contributed by atoms with van der Waals surface area (Å²) in [5.41, 5.74) is 1.52. The number of imide groups is 1. The van der Waals surface area contributed by atoms with E-state index < -0.39 is 30.6 Å². The van der Waals surface area contributed by atoms with Crippen molar-refractivity contribution in [3.8, 4) is 0 Å². The van der Waals surface area contributed by atoms with E-state index in [0.717, 1.165) is 49.8 Å². The molecule has 238 valence electrons. The van der Waals surface area contributed by atoms with Gasteiger partial charge in [0.25, 0.3) is 11.8 Å². The molecule has 0 aromatic heterocycles. The summed E-state index contributed by atoms with van der Waals surface area (Å²) in [5, 5.41) is 12.6. The maximum atomic E-state index is 13.4. The molecule has 4 rings (SSSR count). The van der Waals surface area contributed by atoms with E-state index >= 15 is 0 Å². The lowest BCUT2D eigenvalue weighted by Gasteiger charge is -2.27. The number of thioether (sulfide) groups is 1. The predicted molar refractivity (Wildman–Crippen MR) is 170 cm³/mol. The van der Waals surface area contributed by atoms with Crippen molar-refractivity contribution in [2.45, 2.75) is 75.3 Å². The van der Waals surface area contributed by atoms with Crippen molar-refractivity contribution in [3.63, 3.8) is 0 Å². The van der Waals surface area contributed by atoms with Gasteiger partial charge in [-0.1, -0.05) is 62.8 Å². The molecule has 2 aromatic carbocycles. The number of halogens is 1. The Balaban J connectivity index is 0.00000529. The van der Waals surface area contributed by atoms with Crippen molar-refractivity contribution in [3.05, 3.63) is 59.7 Å². The van der Waals surface area contributed by atoms with Crippen LogP contribution in [0.25, 0.3) is 0 Å². The number of anilines is 1. The number of aliphatic carboxylic acids is 1. The third kappa shape index (κ3) is 8.83. The fourth-order valence-electron chi connectivity index (χ4n) is 5.47. The molecule has 44 heavy (non-hydrogen) atoms. The van der Waals surface area contributed by atoms with E-state index in [4.69, 9.17) is 4.74 Å². The average molecular weight is 646 g/mol. The number of hydrogen-bond acceptors (Lipinski definition) is 8. The fourth-order valence-corrected chi connectivity index (χ4v) is 6.56. The monoisotopic (exact) mass is 645 g/mol. The lowest BCUT2D eigenvalue weighted by atomic mass is 10.0. The van der Waals surface area contributed by atoms with Gasteiger partial charge in [-0.25, -0.2) is 0 Å². The topological polar surface area (TPSA) is 133 Å². The molecule has 2 aliphatic rings. The van der Waals surface area contributed by atoms with E-state index in [1.807, 2.05) is 12.1 Å². The van der Waals surface area contributed by atoms with Gasteiger partial charge in [0, 0.05) is 17.2 Å². The first kappa shape index (κ1) is 35.1. The Morgan fingerprint density at radius 3 is 2.14 bits per heavy atom. The normalized spacial score (nSPS) is 16.6. The number of carboxylic acid groups (broad SMARTS) is 1. The van der Waals surface area contributed by atoms with E-state index in [1.165, 1.54) is 21.6 Å². The molecule has 2 atom stereocenters. The molecule has 2 aliphatic heterocycles. The van der Waals surface area contributed by atoms with Crippen LogP contribution >= 0.6 is 24.2 Å². The lowest BCUT2D eigenvalue weighted by molar-refractivity contribution is -0.146. The first-order chi connectivity index (χ1) is 20.8. The van der Waals surface area contributed by atoms with Crippen LogP contribution in [-0.4, -0.2) is 77.2 Å². The molecule has 0 saturated carbocycles. The summed E-state index contributed by atoms with van der Waals surface area (Å²) < 4.78 is 5.29. The summed E-state index contributed by atoms with van der Waals surface area (Å²) in [6.45, 7) is 1.92. The van der Waals surface area contributed by atoms with Crippen LogP contribution in [-0.2, 0) is 19.1 Å². The second-order valence-corrected chi connectivity index (χ2v) is 11.8. The standard InChI is InChI=1S/C32H39N3O7S.ClH/c1-2-42-32(41)24(33-25-21-43-27-18-12-11-17-26(27)35(31(25)40)20-28(36)37)16-8-6-4-3-5-7-13-19-34-29(38)22-14-9-10-15-23(22)30(34)39;/h9-12,14-15,17-18,24-25,33H,2-8,13,16,19-21H2,1H3,(H,36,37);1H/t24-,25?;/m1./s1. The minimum Gasteiger partial charge on any atom is -0.480 e. The quantitative estimate of drug-likeness (QED) is 0.148. The number of nitrogens with zero attached hydrogens (tertiary/aromatic N) is 2. The molecule has 2 N–H and O–H groups in total. The van der Waals surface area contributed by atoms with Gasteiger partial charge in [0.2, 0.25) is 5.91 Å². The second-order valence-electron chi connectivity index (χ2n) is 10.7. The Kier molecular flexibility index (Phi) is 13.7. The summed E-state index contributed by atoms with van der Waals surface area (Å²) >= 11 is 1.46. The SMILES string of the molecule is CCOC(=O)[C@@H](CCCCCCCCCN1C(=O)c2ccccc2C1=O)NC1CSc2ccccc2N(CC(=O)O)C1=O.Cl. The molecular formula is C32H40ClN3O7S. The van der Waals surface area contributed by atoms with Crippen molar-refractivity contribution in [2.75, 3.05) is 30.3 Å². The van der Waals surface area contributed by atoms with E-state index in [0.29, 0.717) is 35.5 Å². The summed E-state index contributed by atoms with van der Waals surface area (Å²) in [6.07, 6.45) is 6.80. The number of rotatable bonds is 16. The minimum absolute atomic E-state index is 0. The third-order valence-electron chi connectivity index (χ3n) is 7.65. The average Bonchev–Trinajstić information content (AvgIpc) is 3.16. The number of benzene rings is 2. The summed E-state index contributed by atoms with van der Waals surface area (Å²) in [6, 6.07) is 12.7. The van der Waals surface area contributed by atoms with Crippen molar-refractivity contribution >= 4 is 59.5 Å². The molecule has 0 spiro atoms. The van der Waals surface area contributed by atoms with Gasteiger partial charge in [0.1, 0.15) is 12.6 Å². The van der Waals surface area contributed by atoms with Gasteiger partial charge >= 0.3 is 11.9 Å². The molecule has 2 aromatic rings. The molecule has 10 nitrogen and oxygen atoms in total. The van der Waals surface area contributed by atoms with Gasteiger partial charge in [0.15, 0.2) is 0 Å². The highest BCUT2D eigenvalue weighted by molar-refractivity contribution is 7.99. The Labute approximate surface area is 268 Å². The van der Waals surface area contributed by atoms with Crippen molar-refractivity contribution < 1.29 is 33.8 Å². The van der Waals surface area contributed by atoms with Gasteiger partial charge in [-0.3, -0.25) is 39.1 Å². The largest absolute Gasteiger partial charge is 0.480 e. The predicted octanol–water partition coefficient (Wildman–Crippen LogP) is 4.94. The molecule has 3 amide bonds. The summed E-state index contributed by atoms with van der Waals surface area (Å²) in [7, 11) is 0. The second kappa shape index (κ2) is 17.2. The number of esters is 1. The van der Waals surface area contributed by atoms with Gasteiger partial charge in [-0.2, -0.15) is 0 Å². The van der Waals surface area contributed by atoms with Gasteiger partial charge in [-0.05, 0) is 44.0 Å². The Bertz CT molecular complexity index is 1310. The van der Waals surface area contributed by atoms with E-state index in [1.54, 1.807) is 43.3 Å². The van der Waals surface area contributed by atoms with Gasteiger partial charge in [0.05, 0.1) is 29.5 Å². The molecule has 0 fully saturated rings. The van der Waals surface area contributed by atoms with Crippen molar-refractivity contribution in [2.24, 2.45) is 0 Å². The molecular weight excluding hydrogens is 606 g/mol. The number of fused-ring (bicyclic) bond motifs is 2. The number of hydrogen-bond donors (Lipinski definition) is 2. The number of nitrogens with one attached hydrogen (secondary N) is 1. The van der Waals surface area contributed by atoms with Crippen LogP contribution in [0.2, 0.25) is 0 Å². The van der Waals surface area contributed by atoms with Crippen LogP contribution in [0.3, 0.4) is 0 Å². The van der Waals surface area contributed by atoms with Crippen molar-refractivity contribution in [1.29, 1.82) is 0 Å². The lowest BCUT2D eigenvalue weighted by Crippen LogP contribution is -2.54. The van der Waals surface area contributed by atoms with E-state index in [-0.39, 0.29) is 36.7 Å². The highest BCUT2D eigenvalue weighted by Gasteiger charge is 2.36. The molecule has 12 heteroatoms. The van der Waals surface area contributed by atoms with Crippen molar-refractivity contribution in [1.82, 2.24) is 10.2 Å². The van der Waals surface area contributed by atoms with E-state index in [9.17, 15) is 29.1 Å².